The fourth-order valence-electron chi connectivity index (χ4n) is 2.59. The molecule has 2 aromatic rings. The molecule has 0 atom stereocenters. The minimum Gasteiger partial charge on any atom is -0.332 e. The summed E-state index contributed by atoms with van der Waals surface area (Å²) in [5, 5.41) is 1.47. The number of amides is 2. The Morgan fingerprint density at radius 1 is 0.963 bits per heavy atom. The van der Waals surface area contributed by atoms with Crippen LogP contribution >= 0.6 is 0 Å². The maximum Gasteiger partial charge on any atom is 0.471 e. The molecule has 1 N–H and O–H groups in total. The zero-order valence-electron chi connectivity index (χ0n) is 14.1. The van der Waals surface area contributed by atoms with Crippen molar-refractivity contribution in [2.75, 3.05) is 26.2 Å². The molecule has 0 aliphatic carbocycles. The van der Waals surface area contributed by atoms with Crippen LogP contribution in [0.3, 0.4) is 0 Å². The summed E-state index contributed by atoms with van der Waals surface area (Å²) in [6.07, 6.45) is -2.12. The van der Waals surface area contributed by atoms with Gasteiger partial charge in [-0.1, -0.05) is 30.3 Å². The molecule has 1 fully saturated rings. The molecule has 1 aromatic carbocycles. The van der Waals surface area contributed by atoms with Gasteiger partial charge in [0.25, 0.3) is 5.91 Å². The van der Waals surface area contributed by atoms with Gasteiger partial charge in [0.1, 0.15) is 0 Å². The molecule has 1 aliphatic rings. The van der Waals surface area contributed by atoms with Gasteiger partial charge in [-0.15, -0.1) is 0 Å². The second kappa shape index (κ2) is 7.70. The zero-order chi connectivity index (χ0) is 19.4. The molecule has 0 radical (unpaired) electrons. The Labute approximate surface area is 152 Å². The number of hydrazine groups is 1. The Kier molecular flexibility index (Phi) is 5.36. The van der Waals surface area contributed by atoms with Crippen molar-refractivity contribution < 1.29 is 22.8 Å². The van der Waals surface area contributed by atoms with E-state index < -0.39 is 18.0 Å². The molecule has 7 nitrogen and oxygen atoms in total. The van der Waals surface area contributed by atoms with Crippen LogP contribution in [0.25, 0.3) is 11.4 Å². The van der Waals surface area contributed by atoms with E-state index in [4.69, 9.17) is 0 Å². The van der Waals surface area contributed by atoms with Crippen LogP contribution in [0.1, 0.15) is 10.4 Å². The Bertz CT molecular complexity index is 804. The highest BCUT2D eigenvalue weighted by molar-refractivity contribution is 5.93. The summed E-state index contributed by atoms with van der Waals surface area (Å²) in [4.78, 5) is 32.5. The van der Waals surface area contributed by atoms with Crippen molar-refractivity contribution in [3.63, 3.8) is 0 Å². The highest BCUT2D eigenvalue weighted by Gasteiger charge is 2.43. The lowest BCUT2D eigenvalue weighted by Crippen LogP contribution is -2.56. The van der Waals surface area contributed by atoms with E-state index >= 15 is 0 Å². The number of benzene rings is 1. The SMILES string of the molecule is O=C(NN1CCN(C(=O)C(F)(F)F)CC1)c1cnc(-c2ccccc2)nc1. The second-order valence-corrected chi connectivity index (χ2v) is 5.88. The number of aromatic nitrogens is 2. The molecule has 0 unspecified atom stereocenters. The summed E-state index contributed by atoms with van der Waals surface area (Å²) in [7, 11) is 0. The molecule has 1 saturated heterocycles. The lowest BCUT2D eigenvalue weighted by Gasteiger charge is -2.34. The monoisotopic (exact) mass is 379 g/mol. The van der Waals surface area contributed by atoms with Gasteiger partial charge in [0, 0.05) is 44.1 Å². The number of nitrogens with zero attached hydrogens (tertiary/aromatic N) is 4. The van der Waals surface area contributed by atoms with Gasteiger partial charge in [-0.05, 0) is 0 Å². The van der Waals surface area contributed by atoms with E-state index in [0.29, 0.717) is 5.82 Å². The van der Waals surface area contributed by atoms with Crippen molar-refractivity contribution in [1.29, 1.82) is 0 Å². The molecule has 0 saturated carbocycles. The van der Waals surface area contributed by atoms with Gasteiger partial charge in [-0.2, -0.15) is 13.2 Å². The average molecular weight is 379 g/mol. The Morgan fingerprint density at radius 2 is 1.56 bits per heavy atom. The first kappa shape index (κ1) is 18.8. The van der Waals surface area contributed by atoms with Crippen LogP contribution in [-0.2, 0) is 4.79 Å². The van der Waals surface area contributed by atoms with Crippen LogP contribution in [0.5, 0.6) is 0 Å². The van der Waals surface area contributed by atoms with E-state index in [1.807, 2.05) is 30.3 Å². The summed E-state index contributed by atoms with van der Waals surface area (Å²) in [5.74, 6) is -1.85. The largest absolute Gasteiger partial charge is 0.471 e. The number of carbonyl (C=O) groups is 2. The van der Waals surface area contributed by atoms with Crippen molar-refractivity contribution in [2.45, 2.75) is 6.18 Å². The van der Waals surface area contributed by atoms with E-state index in [2.05, 4.69) is 15.4 Å². The lowest BCUT2D eigenvalue weighted by atomic mass is 10.2. The summed E-state index contributed by atoms with van der Waals surface area (Å²) in [5.41, 5.74) is 3.63. The van der Waals surface area contributed by atoms with Gasteiger partial charge in [0.15, 0.2) is 5.82 Å². The molecule has 142 valence electrons. The molecule has 1 aromatic heterocycles. The molecule has 2 heterocycles. The Balaban J connectivity index is 1.55. The number of rotatable bonds is 3. The predicted molar refractivity (Wildman–Crippen MR) is 89.1 cm³/mol. The molecule has 10 heteroatoms. The molecule has 0 spiro atoms. The van der Waals surface area contributed by atoms with Crippen LogP contribution in [0, 0.1) is 0 Å². The van der Waals surface area contributed by atoms with E-state index in [1.165, 1.54) is 17.4 Å². The van der Waals surface area contributed by atoms with E-state index in [-0.39, 0.29) is 31.7 Å². The highest BCUT2D eigenvalue weighted by Crippen LogP contribution is 2.19. The number of halogens is 3. The smallest absolute Gasteiger partial charge is 0.332 e. The first-order valence-corrected chi connectivity index (χ1v) is 8.14. The van der Waals surface area contributed by atoms with E-state index in [9.17, 15) is 22.8 Å². The Morgan fingerprint density at radius 3 is 2.11 bits per heavy atom. The zero-order valence-corrected chi connectivity index (χ0v) is 14.1. The molecule has 1 aliphatic heterocycles. The van der Waals surface area contributed by atoms with Gasteiger partial charge in [0.2, 0.25) is 0 Å². The van der Waals surface area contributed by atoms with Crippen LogP contribution in [-0.4, -0.2) is 64.0 Å². The third-order valence-corrected chi connectivity index (χ3v) is 4.02. The summed E-state index contributed by atoms with van der Waals surface area (Å²) < 4.78 is 37.3. The van der Waals surface area contributed by atoms with Crippen LogP contribution < -0.4 is 5.43 Å². The van der Waals surface area contributed by atoms with E-state index in [1.54, 1.807) is 0 Å². The maximum atomic E-state index is 12.4. The van der Waals surface area contributed by atoms with Crippen molar-refractivity contribution in [2.24, 2.45) is 0 Å². The van der Waals surface area contributed by atoms with E-state index in [0.717, 1.165) is 10.5 Å². The standard InChI is InChI=1S/C17H16F3N5O2/c18-17(19,20)16(27)24-6-8-25(9-7-24)23-15(26)13-10-21-14(22-11-13)12-4-2-1-3-5-12/h1-5,10-11H,6-9H2,(H,23,26). The van der Waals surface area contributed by atoms with Gasteiger partial charge < -0.3 is 4.90 Å². The van der Waals surface area contributed by atoms with Crippen LogP contribution in [0.15, 0.2) is 42.7 Å². The molecular formula is C17H16F3N5O2. The third kappa shape index (κ3) is 4.59. The van der Waals surface area contributed by atoms with Crippen molar-refractivity contribution >= 4 is 11.8 Å². The number of alkyl halides is 3. The molecular weight excluding hydrogens is 363 g/mol. The summed E-state index contributed by atoms with van der Waals surface area (Å²) >= 11 is 0. The average Bonchev–Trinajstić information content (AvgIpc) is 2.68. The molecule has 3 rings (SSSR count). The summed E-state index contributed by atoms with van der Waals surface area (Å²) in [6, 6.07) is 9.26. The minimum atomic E-state index is -4.89. The number of hydrogen-bond donors (Lipinski definition) is 1. The second-order valence-electron chi connectivity index (χ2n) is 5.88. The predicted octanol–water partition coefficient (Wildman–Crippen LogP) is 1.49. The first-order chi connectivity index (χ1) is 12.8. The summed E-state index contributed by atoms with van der Waals surface area (Å²) in [6.45, 7) is -0.0584. The topological polar surface area (TPSA) is 78.4 Å². The number of nitrogens with one attached hydrogen (secondary N) is 1. The first-order valence-electron chi connectivity index (χ1n) is 8.14. The number of hydrogen-bond acceptors (Lipinski definition) is 5. The van der Waals surface area contributed by atoms with Crippen LogP contribution in [0.2, 0.25) is 0 Å². The van der Waals surface area contributed by atoms with Gasteiger partial charge in [-0.3, -0.25) is 15.0 Å². The van der Waals surface area contributed by atoms with Crippen molar-refractivity contribution in [1.82, 2.24) is 25.3 Å². The quantitative estimate of drug-likeness (QED) is 0.875. The van der Waals surface area contributed by atoms with Gasteiger partial charge >= 0.3 is 12.1 Å². The molecule has 2 amide bonds. The fraction of sp³-hybridized carbons (Fsp3) is 0.294. The number of piperazine rings is 1. The fourth-order valence-corrected chi connectivity index (χ4v) is 2.59. The van der Waals surface area contributed by atoms with Crippen molar-refractivity contribution in [3.05, 3.63) is 48.3 Å². The lowest BCUT2D eigenvalue weighted by molar-refractivity contribution is -0.187. The van der Waals surface area contributed by atoms with Crippen LogP contribution in [0.4, 0.5) is 13.2 Å². The molecule has 0 bridgehead atoms. The van der Waals surface area contributed by atoms with Crippen molar-refractivity contribution in [3.8, 4) is 11.4 Å². The van der Waals surface area contributed by atoms with Gasteiger partial charge in [-0.25, -0.2) is 15.0 Å². The Hall–Kier alpha value is -3.01. The van der Waals surface area contributed by atoms with Gasteiger partial charge in [0.05, 0.1) is 5.56 Å². The maximum absolute atomic E-state index is 12.4. The molecule has 27 heavy (non-hydrogen) atoms. The third-order valence-electron chi connectivity index (χ3n) is 4.02. The normalized spacial score (nSPS) is 15.4. The minimum absolute atomic E-state index is 0.0938. The highest BCUT2D eigenvalue weighted by atomic mass is 19.4. The number of carbonyl (C=O) groups excluding carboxylic acids is 2.